The Balaban J connectivity index is 2.36. The van der Waals surface area contributed by atoms with Gasteiger partial charge in [0.15, 0.2) is 5.78 Å². The highest BCUT2D eigenvalue weighted by Gasteiger charge is 2.53. The van der Waals surface area contributed by atoms with Crippen molar-refractivity contribution >= 4 is 17.5 Å². The summed E-state index contributed by atoms with van der Waals surface area (Å²) in [5, 5.41) is 0. The van der Waals surface area contributed by atoms with Gasteiger partial charge in [-0.05, 0) is 37.2 Å². The van der Waals surface area contributed by atoms with E-state index >= 15 is 0 Å². The van der Waals surface area contributed by atoms with Crippen LogP contribution in [-0.4, -0.2) is 23.6 Å². The third kappa shape index (κ3) is 3.83. The Morgan fingerprint density at radius 2 is 1.72 bits per heavy atom. The molecule has 1 atom stereocenters. The Hall–Kier alpha value is -1.97. The Bertz CT molecular complexity index is 666. The number of fused-ring (bicyclic) bond motifs is 1. The van der Waals surface area contributed by atoms with Gasteiger partial charge >= 0.3 is 5.97 Å². The maximum absolute atomic E-state index is 13.1. The molecule has 1 aliphatic rings. The number of carbonyl (C=O) groups is 3. The molecule has 0 heterocycles. The molecular formula is C21H28O4. The minimum Gasteiger partial charge on any atom is -0.461 e. The smallest absolute Gasteiger partial charge is 0.320 e. The van der Waals surface area contributed by atoms with Crippen LogP contribution < -0.4 is 0 Å². The largest absolute Gasteiger partial charge is 0.461 e. The first-order valence-corrected chi connectivity index (χ1v) is 9.02. The van der Waals surface area contributed by atoms with E-state index in [9.17, 15) is 14.4 Å². The number of hydrogen-bond donors (Lipinski definition) is 0. The third-order valence-electron chi connectivity index (χ3n) is 5.04. The van der Waals surface area contributed by atoms with Crippen LogP contribution in [0.4, 0.5) is 0 Å². The minimum atomic E-state index is -1.27. The predicted molar refractivity (Wildman–Crippen MR) is 96.4 cm³/mol. The van der Waals surface area contributed by atoms with Gasteiger partial charge in [0.25, 0.3) is 0 Å². The number of ether oxygens (including phenoxy) is 1. The van der Waals surface area contributed by atoms with Crippen LogP contribution in [0.25, 0.3) is 0 Å². The monoisotopic (exact) mass is 344 g/mol. The second-order valence-electron chi connectivity index (χ2n) is 7.81. The van der Waals surface area contributed by atoms with Crippen molar-refractivity contribution < 1.29 is 19.1 Å². The molecule has 4 nitrogen and oxygen atoms in total. The Morgan fingerprint density at radius 1 is 1.12 bits per heavy atom. The number of benzene rings is 1. The van der Waals surface area contributed by atoms with E-state index in [4.69, 9.17) is 4.74 Å². The van der Waals surface area contributed by atoms with Crippen molar-refractivity contribution in [2.45, 2.75) is 60.0 Å². The molecule has 2 rings (SSSR count). The van der Waals surface area contributed by atoms with Crippen LogP contribution in [0.15, 0.2) is 24.3 Å². The van der Waals surface area contributed by atoms with E-state index in [1.54, 1.807) is 12.1 Å². The highest BCUT2D eigenvalue weighted by Crippen LogP contribution is 2.42. The Kier molecular flexibility index (Phi) is 5.81. The van der Waals surface area contributed by atoms with E-state index in [0.717, 1.165) is 5.56 Å². The van der Waals surface area contributed by atoms with Crippen LogP contribution in [0.2, 0.25) is 0 Å². The molecule has 0 aromatic heterocycles. The van der Waals surface area contributed by atoms with Crippen LogP contribution in [0, 0.1) is 17.3 Å². The van der Waals surface area contributed by atoms with Gasteiger partial charge in [0.05, 0.1) is 0 Å². The summed E-state index contributed by atoms with van der Waals surface area (Å²) in [7, 11) is 0. The molecule has 136 valence electrons. The standard InChI is InChI=1S/C21H28O4/c1-13(2)18(14(3)4)25-20(24)21(11-10-15(5)22)12-16-8-6-7-9-17(16)19(21)23/h6-9,13-14,18H,10-12H2,1-5H3/t21-/m1/s1. The molecule has 0 bridgehead atoms. The summed E-state index contributed by atoms with van der Waals surface area (Å²) in [6.07, 6.45) is 0.468. The second-order valence-corrected chi connectivity index (χ2v) is 7.81. The number of esters is 1. The molecule has 0 saturated heterocycles. The molecule has 0 saturated carbocycles. The Labute approximate surface area is 149 Å². The number of hydrogen-bond acceptors (Lipinski definition) is 4. The van der Waals surface area contributed by atoms with E-state index in [1.165, 1.54) is 6.92 Å². The molecule has 0 spiro atoms. The van der Waals surface area contributed by atoms with Crippen molar-refractivity contribution in [1.82, 2.24) is 0 Å². The first-order valence-electron chi connectivity index (χ1n) is 9.02. The molecule has 0 fully saturated rings. The highest BCUT2D eigenvalue weighted by atomic mass is 16.5. The topological polar surface area (TPSA) is 60.4 Å². The number of carbonyl (C=O) groups excluding carboxylic acids is 3. The van der Waals surface area contributed by atoms with E-state index in [2.05, 4.69) is 0 Å². The van der Waals surface area contributed by atoms with Gasteiger partial charge in [-0.25, -0.2) is 0 Å². The molecule has 0 unspecified atom stereocenters. The van der Waals surface area contributed by atoms with Crippen molar-refractivity contribution in [1.29, 1.82) is 0 Å². The lowest BCUT2D eigenvalue weighted by molar-refractivity contribution is -0.163. The van der Waals surface area contributed by atoms with Crippen LogP contribution >= 0.6 is 0 Å². The van der Waals surface area contributed by atoms with Gasteiger partial charge in [-0.15, -0.1) is 0 Å². The molecule has 1 aromatic carbocycles. The maximum Gasteiger partial charge on any atom is 0.320 e. The molecule has 0 aliphatic heterocycles. The van der Waals surface area contributed by atoms with Gasteiger partial charge in [0.1, 0.15) is 17.3 Å². The van der Waals surface area contributed by atoms with Gasteiger partial charge in [-0.1, -0.05) is 52.0 Å². The van der Waals surface area contributed by atoms with Crippen LogP contribution in [0.1, 0.15) is 63.4 Å². The first kappa shape index (κ1) is 19.4. The van der Waals surface area contributed by atoms with E-state index in [-0.39, 0.29) is 42.3 Å². The molecule has 4 heteroatoms. The Morgan fingerprint density at radius 3 is 2.24 bits per heavy atom. The number of rotatable bonds is 7. The fourth-order valence-electron chi connectivity index (χ4n) is 3.70. The van der Waals surface area contributed by atoms with Crippen molar-refractivity contribution in [3.8, 4) is 0 Å². The summed E-state index contributed by atoms with van der Waals surface area (Å²) in [4.78, 5) is 37.7. The van der Waals surface area contributed by atoms with Crippen LogP contribution in [0.5, 0.6) is 0 Å². The summed E-state index contributed by atoms with van der Waals surface area (Å²) < 4.78 is 5.82. The van der Waals surface area contributed by atoms with Gasteiger partial charge < -0.3 is 9.53 Å². The van der Waals surface area contributed by atoms with Crippen molar-refractivity contribution in [2.24, 2.45) is 17.3 Å². The van der Waals surface area contributed by atoms with Gasteiger partial charge in [0, 0.05) is 12.0 Å². The van der Waals surface area contributed by atoms with Gasteiger partial charge in [-0.3, -0.25) is 9.59 Å². The molecule has 0 amide bonds. The zero-order valence-electron chi connectivity index (χ0n) is 15.8. The predicted octanol–water partition coefficient (Wildman–Crippen LogP) is 4.00. The SMILES string of the molecule is CC(=O)CC[C@@]1(C(=O)OC(C(C)C)C(C)C)Cc2ccccc2C1=O. The average Bonchev–Trinajstić information content (AvgIpc) is 2.83. The molecule has 1 aromatic rings. The van der Waals surface area contributed by atoms with E-state index in [1.807, 2.05) is 39.8 Å². The zero-order valence-corrected chi connectivity index (χ0v) is 15.8. The third-order valence-corrected chi connectivity index (χ3v) is 5.04. The fourth-order valence-corrected chi connectivity index (χ4v) is 3.70. The van der Waals surface area contributed by atoms with Gasteiger partial charge in [-0.2, -0.15) is 0 Å². The highest BCUT2D eigenvalue weighted by molar-refractivity contribution is 6.16. The lowest BCUT2D eigenvalue weighted by Gasteiger charge is -2.31. The first-order chi connectivity index (χ1) is 11.7. The van der Waals surface area contributed by atoms with Crippen molar-refractivity contribution in [3.05, 3.63) is 35.4 Å². The fraction of sp³-hybridized carbons (Fsp3) is 0.571. The number of ketones is 2. The summed E-state index contributed by atoms with van der Waals surface area (Å²) in [5.41, 5.74) is 0.171. The second kappa shape index (κ2) is 7.51. The summed E-state index contributed by atoms with van der Waals surface area (Å²) in [5.74, 6) is -0.400. The van der Waals surface area contributed by atoms with E-state index in [0.29, 0.717) is 12.0 Å². The quantitative estimate of drug-likeness (QED) is 0.554. The normalized spacial score (nSPS) is 19.6. The molecule has 0 N–H and O–H groups in total. The van der Waals surface area contributed by atoms with Crippen LogP contribution in [-0.2, 0) is 20.7 Å². The lowest BCUT2D eigenvalue weighted by atomic mass is 9.78. The molecule has 25 heavy (non-hydrogen) atoms. The lowest BCUT2D eigenvalue weighted by Crippen LogP contribution is -2.43. The van der Waals surface area contributed by atoms with Gasteiger partial charge in [0.2, 0.25) is 0 Å². The van der Waals surface area contributed by atoms with Crippen molar-refractivity contribution in [2.75, 3.05) is 0 Å². The maximum atomic E-state index is 13.1. The van der Waals surface area contributed by atoms with Crippen LogP contribution in [0.3, 0.4) is 0 Å². The summed E-state index contributed by atoms with van der Waals surface area (Å²) in [6, 6.07) is 7.29. The molecule has 1 aliphatic carbocycles. The number of Topliss-reactive ketones (excluding diaryl/α,β-unsaturated/α-hetero) is 2. The summed E-state index contributed by atoms with van der Waals surface area (Å²) >= 11 is 0. The average molecular weight is 344 g/mol. The zero-order chi connectivity index (χ0) is 18.8. The van der Waals surface area contributed by atoms with Crippen molar-refractivity contribution in [3.63, 3.8) is 0 Å². The molecule has 0 radical (unpaired) electrons. The minimum absolute atomic E-state index is 0.0276. The van der Waals surface area contributed by atoms with E-state index < -0.39 is 11.4 Å². The molecular weight excluding hydrogens is 316 g/mol. The summed E-state index contributed by atoms with van der Waals surface area (Å²) in [6.45, 7) is 9.50.